The van der Waals surface area contributed by atoms with Crippen LogP contribution in [0.3, 0.4) is 0 Å². The summed E-state index contributed by atoms with van der Waals surface area (Å²) >= 11 is 1.59. The van der Waals surface area contributed by atoms with E-state index in [9.17, 15) is 4.79 Å². The zero-order valence-corrected chi connectivity index (χ0v) is 14.3. The number of anilines is 1. The molecule has 6 heteroatoms. The molecule has 0 radical (unpaired) electrons. The largest absolute Gasteiger partial charge is 0.489 e. The van der Waals surface area contributed by atoms with E-state index in [1.54, 1.807) is 18.0 Å². The predicted octanol–water partition coefficient (Wildman–Crippen LogP) is 3.76. The Labute approximate surface area is 149 Å². The van der Waals surface area contributed by atoms with Crippen molar-refractivity contribution >= 4 is 23.5 Å². The molecule has 1 atom stereocenters. The molecule has 1 aliphatic rings. The molecule has 0 unspecified atom stereocenters. The van der Waals surface area contributed by atoms with E-state index in [0.717, 1.165) is 22.4 Å². The van der Waals surface area contributed by atoms with E-state index >= 15 is 0 Å². The minimum atomic E-state index is -0.0190. The number of carbonyl (C=O) groups is 1. The van der Waals surface area contributed by atoms with Crippen LogP contribution in [0.15, 0.2) is 60.8 Å². The smallest absolute Gasteiger partial charge is 0.235 e. The van der Waals surface area contributed by atoms with Crippen LogP contribution >= 0.6 is 11.8 Å². The van der Waals surface area contributed by atoms with Crippen LogP contribution in [0.1, 0.15) is 21.9 Å². The Hall–Kier alpha value is -2.73. The molecule has 5 nitrogen and oxygen atoms in total. The third kappa shape index (κ3) is 3.53. The summed E-state index contributed by atoms with van der Waals surface area (Å²) in [4.78, 5) is 11.8. The quantitative estimate of drug-likeness (QED) is 0.751. The number of rotatable bonds is 4. The monoisotopic (exact) mass is 351 g/mol. The van der Waals surface area contributed by atoms with Crippen molar-refractivity contribution in [1.82, 2.24) is 10.2 Å². The van der Waals surface area contributed by atoms with E-state index in [-0.39, 0.29) is 11.2 Å². The zero-order valence-electron chi connectivity index (χ0n) is 13.4. The molecule has 1 amide bonds. The second kappa shape index (κ2) is 7.03. The highest BCUT2D eigenvalue weighted by Gasteiger charge is 2.25. The Kier molecular flexibility index (Phi) is 4.43. The molecule has 2 N–H and O–H groups in total. The summed E-state index contributed by atoms with van der Waals surface area (Å²) in [5, 5.41) is 9.82. The molecule has 2 aromatic carbocycles. The van der Waals surface area contributed by atoms with Crippen LogP contribution in [-0.4, -0.2) is 21.9 Å². The molecular formula is C19H17N3O2S. The van der Waals surface area contributed by atoms with Crippen LogP contribution in [0.5, 0.6) is 5.75 Å². The predicted molar refractivity (Wildman–Crippen MR) is 98.7 cm³/mol. The van der Waals surface area contributed by atoms with Gasteiger partial charge < -0.3 is 10.1 Å². The number of ether oxygens (including phenoxy) is 1. The number of thioether (sulfide) groups is 1. The summed E-state index contributed by atoms with van der Waals surface area (Å²) in [6, 6.07) is 18.1. The molecule has 4 rings (SSSR count). The highest BCUT2D eigenvalue weighted by molar-refractivity contribution is 8.00. The second-order valence-corrected chi connectivity index (χ2v) is 6.88. The van der Waals surface area contributed by atoms with Gasteiger partial charge in [0.15, 0.2) is 0 Å². The Morgan fingerprint density at radius 2 is 2.04 bits per heavy atom. The van der Waals surface area contributed by atoms with Crippen molar-refractivity contribution in [3.8, 4) is 5.75 Å². The first-order chi connectivity index (χ1) is 12.3. The van der Waals surface area contributed by atoms with E-state index in [1.807, 2.05) is 48.5 Å². The number of benzene rings is 2. The molecule has 0 fully saturated rings. The SMILES string of the molecule is O=C1CS[C@@H](c2cccc(OCc3ccccc3)c2)c2cn[nH]c2N1. The minimum Gasteiger partial charge on any atom is -0.489 e. The fourth-order valence-electron chi connectivity index (χ4n) is 2.80. The van der Waals surface area contributed by atoms with Gasteiger partial charge in [0, 0.05) is 5.56 Å². The highest BCUT2D eigenvalue weighted by atomic mass is 32.2. The maximum Gasteiger partial charge on any atom is 0.235 e. The van der Waals surface area contributed by atoms with Gasteiger partial charge in [-0.2, -0.15) is 5.10 Å². The van der Waals surface area contributed by atoms with Gasteiger partial charge in [0.2, 0.25) is 5.91 Å². The van der Waals surface area contributed by atoms with Crippen molar-refractivity contribution in [2.24, 2.45) is 0 Å². The minimum absolute atomic E-state index is 0.0190. The van der Waals surface area contributed by atoms with Crippen LogP contribution in [0.4, 0.5) is 5.82 Å². The van der Waals surface area contributed by atoms with Crippen LogP contribution < -0.4 is 10.1 Å². The maximum atomic E-state index is 11.8. The molecule has 0 bridgehead atoms. The van der Waals surface area contributed by atoms with Crippen molar-refractivity contribution in [1.29, 1.82) is 0 Å². The molecule has 0 aliphatic carbocycles. The number of hydrogen-bond donors (Lipinski definition) is 2. The van der Waals surface area contributed by atoms with Gasteiger partial charge >= 0.3 is 0 Å². The molecule has 1 aromatic heterocycles. The van der Waals surface area contributed by atoms with Crippen LogP contribution in [0, 0.1) is 0 Å². The first-order valence-electron chi connectivity index (χ1n) is 8.01. The van der Waals surface area contributed by atoms with Crippen molar-refractivity contribution in [2.45, 2.75) is 11.9 Å². The molecule has 2 heterocycles. The van der Waals surface area contributed by atoms with E-state index in [1.165, 1.54) is 0 Å². The summed E-state index contributed by atoms with van der Waals surface area (Å²) < 4.78 is 5.93. The standard InChI is InChI=1S/C19H17N3O2S/c23-17-12-25-18(16-10-20-22-19(16)21-17)14-7-4-8-15(9-14)24-11-13-5-2-1-3-6-13/h1-10,18H,11-12H2,(H2,20,21,22,23)/t18-/m0/s1. The first kappa shape index (κ1) is 15.8. The Balaban J connectivity index is 1.56. The molecular weight excluding hydrogens is 334 g/mol. The van der Waals surface area contributed by atoms with Crippen molar-refractivity contribution < 1.29 is 9.53 Å². The Morgan fingerprint density at radius 3 is 2.92 bits per heavy atom. The fraction of sp³-hybridized carbons (Fsp3) is 0.158. The Bertz CT molecular complexity index is 879. The van der Waals surface area contributed by atoms with Crippen molar-refractivity contribution in [3.63, 3.8) is 0 Å². The van der Waals surface area contributed by atoms with Crippen molar-refractivity contribution in [2.75, 3.05) is 11.1 Å². The molecule has 3 aromatic rings. The summed E-state index contributed by atoms with van der Waals surface area (Å²) in [5.74, 6) is 1.88. The summed E-state index contributed by atoms with van der Waals surface area (Å²) in [6.45, 7) is 0.527. The summed E-state index contributed by atoms with van der Waals surface area (Å²) in [6.07, 6.45) is 1.77. The van der Waals surface area contributed by atoms with Gasteiger partial charge in [-0.15, -0.1) is 11.8 Å². The fourth-order valence-corrected chi connectivity index (χ4v) is 3.89. The lowest BCUT2D eigenvalue weighted by Crippen LogP contribution is -2.12. The number of H-pyrrole nitrogens is 1. The average Bonchev–Trinajstić information content (AvgIpc) is 3.03. The molecule has 0 spiro atoms. The van der Waals surface area contributed by atoms with Crippen LogP contribution in [0.25, 0.3) is 0 Å². The van der Waals surface area contributed by atoms with Gasteiger partial charge in [-0.05, 0) is 23.3 Å². The number of nitrogens with one attached hydrogen (secondary N) is 2. The van der Waals surface area contributed by atoms with Gasteiger partial charge in [-0.3, -0.25) is 9.89 Å². The maximum absolute atomic E-state index is 11.8. The van der Waals surface area contributed by atoms with Crippen LogP contribution in [-0.2, 0) is 11.4 Å². The topological polar surface area (TPSA) is 67.0 Å². The number of aromatic nitrogens is 2. The third-order valence-corrected chi connectivity index (χ3v) is 5.29. The van der Waals surface area contributed by atoms with E-state index in [0.29, 0.717) is 18.2 Å². The van der Waals surface area contributed by atoms with Crippen LogP contribution in [0.2, 0.25) is 0 Å². The number of nitrogens with zero attached hydrogens (tertiary/aromatic N) is 1. The van der Waals surface area contributed by atoms with Crippen molar-refractivity contribution in [3.05, 3.63) is 77.5 Å². The normalized spacial score (nSPS) is 16.6. The second-order valence-electron chi connectivity index (χ2n) is 5.79. The van der Waals surface area contributed by atoms with Gasteiger partial charge in [-0.25, -0.2) is 0 Å². The number of hydrogen-bond acceptors (Lipinski definition) is 4. The Morgan fingerprint density at radius 1 is 1.16 bits per heavy atom. The lowest BCUT2D eigenvalue weighted by atomic mass is 10.1. The zero-order chi connectivity index (χ0) is 17.1. The van der Waals surface area contributed by atoms with Gasteiger partial charge in [0.05, 0.1) is 17.2 Å². The lowest BCUT2D eigenvalue weighted by Gasteiger charge is -2.15. The van der Waals surface area contributed by atoms with Gasteiger partial charge in [0.25, 0.3) is 0 Å². The lowest BCUT2D eigenvalue weighted by molar-refractivity contribution is -0.113. The van der Waals surface area contributed by atoms with E-state index in [2.05, 4.69) is 21.6 Å². The number of fused-ring (bicyclic) bond motifs is 1. The molecule has 25 heavy (non-hydrogen) atoms. The third-order valence-electron chi connectivity index (χ3n) is 4.01. The van der Waals surface area contributed by atoms with E-state index < -0.39 is 0 Å². The van der Waals surface area contributed by atoms with Gasteiger partial charge in [-0.1, -0.05) is 42.5 Å². The molecule has 0 saturated heterocycles. The number of amides is 1. The van der Waals surface area contributed by atoms with Gasteiger partial charge in [0.1, 0.15) is 18.2 Å². The average molecular weight is 351 g/mol. The summed E-state index contributed by atoms with van der Waals surface area (Å²) in [5.41, 5.74) is 3.20. The molecule has 126 valence electrons. The number of aromatic amines is 1. The number of carbonyl (C=O) groups excluding carboxylic acids is 1. The molecule has 0 saturated carbocycles. The first-order valence-corrected chi connectivity index (χ1v) is 9.06. The molecule has 1 aliphatic heterocycles. The summed E-state index contributed by atoms with van der Waals surface area (Å²) in [7, 11) is 0. The highest BCUT2D eigenvalue weighted by Crippen LogP contribution is 2.41. The van der Waals surface area contributed by atoms with E-state index in [4.69, 9.17) is 4.74 Å².